The molecule has 2 N–H and O–H groups in total. The van der Waals surface area contributed by atoms with Gasteiger partial charge in [-0.15, -0.1) is 0 Å². The molecular formula is C31H36O11. The van der Waals surface area contributed by atoms with Crippen molar-refractivity contribution < 1.29 is 53.1 Å². The van der Waals surface area contributed by atoms with Crippen molar-refractivity contribution in [1.29, 1.82) is 0 Å². The molecule has 1 aromatic rings. The number of carbonyl (C=O) groups excluding carboxylic acids is 4. The smallest absolute Gasteiger partial charge is 0.343 e. The van der Waals surface area contributed by atoms with Gasteiger partial charge >= 0.3 is 23.9 Å². The van der Waals surface area contributed by atoms with Crippen LogP contribution in [-0.4, -0.2) is 81.9 Å². The average molecular weight is 585 g/mol. The van der Waals surface area contributed by atoms with Crippen LogP contribution in [0.25, 0.3) is 0 Å². The summed E-state index contributed by atoms with van der Waals surface area (Å²) < 4.78 is 30.0. The van der Waals surface area contributed by atoms with Crippen molar-refractivity contribution in [2.75, 3.05) is 6.61 Å². The fourth-order valence-electron chi connectivity index (χ4n) is 8.89. The molecular weight excluding hydrogens is 548 g/mol. The largest absolute Gasteiger partial charge is 0.458 e. The number of aliphatic hydroxyl groups is 2. The molecule has 2 heterocycles. The van der Waals surface area contributed by atoms with E-state index in [-0.39, 0.29) is 30.6 Å². The molecule has 4 fully saturated rings. The molecule has 2 bridgehead atoms. The molecule has 5 aliphatic rings. The minimum absolute atomic E-state index is 0.00736. The van der Waals surface area contributed by atoms with Gasteiger partial charge in [0.15, 0.2) is 11.2 Å². The van der Waals surface area contributed by atoms with Crippen LogP contribution in [0.4, 0.5) is 0 Å². The van der Waals surface area contributed by atoms with Gasteiger partial charge in [0, 0.05) is 32.1 Å². The molecule has 3 aliphatic carbocycles. The van der Waals surface area contributed by atoms with Crippen LogP contribution in [0.5, 0.6) is 0 Å². The van der Waals surface area contributed by atoms with E-state index in [4.69, 9.17) is 23.7 Å². The Hall–Kier alpha value is -3.28. The number of benzene rings is 1. The predicted molar refractivity (Wildman–Crippen MR) is 143 cm³/mol. The fourth-order valence-corrected chi connectivity index (χ4v) is 8.89. The Bertz CT molecular complexity index is 1420. The molecule has 2 aliphatic heterocycles. The molecule has 0 unspecified atom stereocenters. The van der Waals surface area contributed by atoms with Crippen LogP contribution in [0.15, 0.2) is 41.5 Å². The summed E-state index contributed by atoms with van der Waals surface area (Å²) in [6.07, 6.45) is -4.35. The van der Waals surface area contributed by atoms with Crippen LogP contribution in [-0.2, 0) is 38.1 Å². The van der Waals surface area contributed by atoms with Crippen molar-refractivity contribution in [3.05, 3.63) is 47.0 Å². The van der Waals surface area contributed by atoms with Crippen molar-refractivity contribution in [2.24, 2.45) is 16.7 Å². The molecule has 0 spiro atoms. The van der Waals surface area contributed by atoms with Gasteiger partial charge in [0.05, 0.1) is 29.6 Å². The van der Waals surface area contributed by atoms with Gasteiger partial charge in [-0.3, -0.25) is 9.59 Å². The Morgan fingerprint density at radius 1 is 1.02 bits per heavy atom. The topological polar surface area (TPSA) is 155 Å². The van der Waals surface area contributed by atoms with Gasteiger partial charge in [-0.05, 0) is 44.1 Å². The summed E-state index contributed by atoms with van der Waals surface area (Å²) in [6.45, 7) is 8.92. The van der Waals surface area contributed by atoms with E-state index >= 15 is 0 Å². The molecule has 11 heteroatoms. The number of aliphatic hydroxyl groups excluding tert-OH is 1. The van der Waals surface area contributed by atoms with Gasteiger partial charge in [0.25, 0.3) is 0 Å². The molecule has 0 aromatic heterocycles. The number of hydrogen-bond acceptors (Lipinski definition) is 11. The lowest BCUT2D eigenvalue weighted by Crippen LogP contribution is -2.87. The highest BCUT2D eigenvalue weighted by Gasteiger charge is 2.88. The first-order valence-corrected chi connectivity index (χ1v) is 14.2. The molecule has 6 rings (SSSR count). The van der Waals surface area contributed by atoms with Crippen molar-refractivity contribution in [3.63, 3.8) is 0 Å². The summed E-state index contributed by atoms with van der Waals surface area (Å²) in [5.41, 5.74) is -7.68. The van der Waals surface area contributed by atoms with E-state index in [2.05, 4.69) is 0 Å². The van der Waals surface area contributed by atoms with Crippen LogP contribution < -0.4 is 0 Å². The first-order chi connectivity index (χ1) is 19.6. The van der Waals surface area contributed by atoms with E-state index < -0.39 is 81.8 Å². The summed E-state index contributed by atoms with van der Waals surface area (Å²) in [4.78, 5) is 52.8. The second-order valence-corrected chi connectivity index (χ2v) is 13.0. The zero-order valence-corrected chi connectivity index (χ0v) is 24.5. The number of esters is 4. The minimum atomic E-state index is -2.45. The molecule has 2 saturated heterocycles. The number of ether oxygens (including phenoxy) is 5. The second-order valence-electron chi connectivity index (χ2n) is 13.0. The van der Waals surface area contributed by atoms with Gasteiger partial charge in [-0.1, -0.05) is 25.1 Å². The minimum Gasteiger partial charge on any atom is -0.458 e. The maximum atomic E-state index is 14.1. The highest BCUT2D eigenvalue weighted by molar-refractivity contribution is 5.91. The molecule has 0 amide bonds. The van der Waals surface area contributed by atoms with Gasteiger partial charge in [0.1, 0.15) is 23.9 Å². The number of carbonyl (C=O) groups is 4. The van der Waals surface area contributed by atoms with E-state index in [0.717, 1.165) is 0 Å². The zero-order chi connectivity index (χ0) is 30.6. The summed E-state index contributed by atoms with van der Waals surface area (Å²) in [6, 6.07) is 8.32. The third-order valence-corrected chi connectivity index (χ3v) is 10.7. The lowest BCUT2D eigenvalue weighted by atomic mass is 9.37. The molecule has 0 radical (unpaired) electrons. The Kier molecular flexibility index (Phi) is 6.09. The van der Waals surface area contributed by atoms with Crippen molar-refractivity contribution in [1.82, 2.24) is 0 Å². The van der Waals surface area contributed by atoms with Crippen molar-refractivity contribution in [2.45, 2.75) is 95.6 Å². The standard InChI is InChI=1S/C31H36O11/c1-15-19(39-16(2)32)13-29-22(15)31(37,26(36)42-27(29,4)5)28(6)20(34)12-21-30(14-38-21,41-17(3)33)23(28)24(29)40-25(35)18-10-8-7-9-11-18/h7-11,19-21,23-24,34,37H,12-14H2,1-6H3/t19-,20-,21+,23-,24-,28+,29+,30-,31-/m0/s1. The summed E-state index contributed by atoms with van der Waals surface area (Å²) in [7, 11) is 0. The van der Waals surface area contributed by atoms with E-state index in [1.807, 2.05) is 0 Å². The van der Waals surface area contributed by atoms with Crippen LogP contribution in [0.2, 0.25) is 0 Å². The summed E-state index contributed by atoms with van der Waals surface area (Å²) in [5.74, 6) is -4.02. The highest BCUT2D eigenvalue weighted by Crippen LogP contribution is 2.75. The van der Waals surface area contributed by atoms with Gasteiger partial charge in [-0.2, -0.15) is 0 Å². The molecule has 42 heavy (non-hydrogen) atoms. The summed E-state index contributed by atoms with van der Waals surface area (Å²) >= 11 is 0. The van der Waals surface area contributed by atoms with E-state index in [9.17, 15) is 29.4 Å². The van der Waals surface area contributed by atoms with Gasteiger partial charge in [-0.25, -0.2) is 9.59 Å². The van der Waals surface area contributed by atoms with Crippen molar-refractivity contribution in [3.8, 4) is 0 Å². The molecule has 11 nitrogen and oxygen atoms in total. The zero-order valence-electron chi connectivity index (χ0n) is 24.5. The van der Waals surface area contributed by atoms with Crippen LogP contribution >= 0.6 is 0 Å². The molecule has 226 valence electrons. The fraction of sp³-hybridized carbons (Fsp3) is 0.613. The van der Waals surface area contributed by atoms with Crippen LogP contribution in [0.3, 0.4) is 0 Å². The van der Waals surface area contributed by atoms with Crippen LogP contribution in [0.1, 0.15) is 64.7 Å². The number of fused-ring (bicyclic) bond motifs is 4. The Labute approximate surface area is 243 Å². The van der Waals surface area contributed by atoms with E-state index in [1.165, 1.54) is 20.8 Å². The maximum absolute atomic E-state index is 14.1. The Balaban J connectivity index is 1.68. The lowest BCUT2D eigenvalue weighted by molar-refractivity contribution is -0.380. The maximum Gasteiger partial charge on any atom is 0.343 e. The predicted octanol–water partition coefficient (Wildman–Crippen LogP) is 2.02. The Morgan fingerprint density at radius 3 is 2.26 bits per heavy atom. The first-order valence-electron chi connectivity index (χ1n) is 14.2. The lowest BCUT2D eigenvalue weighted by Gasteiger charge is -2.73. The molecule has 2 saturated carbocycles. The monoisotopic (exact) mass is 584 g/mol. The van der Waals surface area contributed by atoms with E-state index in [0.29, 0.717) is 5.57 Å². The first kappa shape index (κ1) is 28.8. The van der Waals surface area contributed by atoms with Crippen LogP contribution in [0, 0.1) is 16.7 Å². The summed E-state index contributed by atoms with van der Waals surface area (Å²) in [5, 5.41) is 24.6. The highest BCUT2D eigenvalue weighted by atomic mass is 16.6. The SMILES string of the molecule is CC(=O)O[C@H]1C[C@]23C(=C1C)[C@](O)(C(=O)OC2(C)C)[C@@]1(C)[C@H]([C@@H]3OC(=O)c2ccccc2)[C@]2(OC(C)=O)CO[C@@H]2C[C@@H]1O. The normalized spacial score (nSPS) is 42.7. The average Bonchev–Trinajstić information content (AvgIpc) is 3.20. The van der Waals surface area contributed by atoms with Crippen molar-refractivity contribution >= 4 is 23.9 Å². The van der Waals surface area contributed by atoms with E-state index in [1.54, 1.807) is 51.1 Å². The quantitative estimate of drug-likeness (QED) is 0.303. The Morgan fingerprint density at radius 2 is 1.69 bits per heavy atom. The third-order valence-electron chi connectivity index (χ3n) is 10.7. The second kappa shape index (κ2) is 8.87. The number of hydrogen-bond donors (Lipinski definition) is 2. The number of cyclic esters (lactones) is 1. The molecule has 1 aromatic carbocycles. The third kappa shape index (κ3) is 3.27. The number of rotatable bonds is 4. The van der Waals surface area contributed by atoms with Gasteiger partial charge in [0.2, 0.25) is 0 Å². The van der Waals surface area contributed by atoms with Gasteiger partial charge < -0.3 is 33.9 Å². The molecule has 9 atom stereocenters.